The molecule has 0 fully saturated rings. The molecule has 0 aromatic carbocycles. The van der Waals surface area contributed by atoms with Crippen LogP contribution in [0.1, 0.15) is 17.1 Å². The maximum Gasteiger partial charge on any atom is 0.0544 e. The monoisotopic (exact) mass is 566 g/mol. The predicted octanol–water partition coefficient (Wildman–Crippen LogP) is 7.26. The summed E-state index contributed by atoms with van der Waals surface area (Å²) in [5.74, 6) is 0. The molecule has 0 spiro atoms. The van der Waals surface area contributed by atoms with Crippen molar-refractivity contribution in [2.24, 2.45) is 0 Å². The first kappa shape index (κ1) is 29.8. The average Bonchev–Trinajstić information content (AvgIpc) is 2.69. The molecule has 0 saturated heterocycles. The Bertz CT molecular complexity index is 791. The van der Waals surface area contributed by atoms with E-state index in [2.05, 4.69) is 33.0 Å². The fraction of sp³-hybridized carbons (Fsp3) is 0.150. The zero-order valence-electron chi connectivity index (χ0n) is 16.8. The van der Waals surface area contributed by atoms with Gasteiger partial charge in [0.25, 0.3) is 0 Å². The maximum absolute atomic E-state index is 10.7. The third-order valence-electron chi connectivity index (χ3n) is 3.34. The van der Waals surface area contributed by atoms with Crippen LogP contribution in [0.5, 0.6) is 0 Å². The predicted molar refractivity (Wildman–Crippen MR) is 110 cm³/mol. The number of aromatic nitrogens is 3. The van der Waals surface area contributed by atoms with Crippen LogP contribution in [0.4, 0.5) is 25.2 Å². The van der Waals surface area contributed by atoms with Gasteiger partial charge in [-0.1, -0.05) is 18.2 Å². The quantitative estimate of drug-likeness (QED) is 0.136. The molecule has 0 amide bonds. The summed E-state index contributed by atoms with van der Waals surface area (Å²) >= 11 is 0. The number of hydrogen-bond donors (Lipinski definition) is 0. The van der Waals surface area contributed by atoms with E-state index < -0.39 is 7.81 Å². The molecule has 0 N–H and O–H groups in total. The molecule has 0 aliphatic heterocycles. The molecule has 32 heavy (non-hydrogen) atoms. The van der Waals surface area contributed by atoms with Crippen LogP contribution in [0.2, 0.25) is 0 Å². The third-order valence-corrected chi connectivity index (χ3v) is 3.34. The van der Waals surface area contributed by atoms with Gasteiger partial charge >= 0.3 is 33.0 Å². The zero-order valence-corrected chi connectivity index (χ0v) is 19.3. The van der Waals surface area contributed by atoms with Crippen molar-refractivity contribution in [1.29, 1.82) is 0 Å². The van der Waals surface area contributed by atoms with E-state index in [1.807, 2.05) is 73.2 Å². The summed E-state index contributed by atoms with van der Waals surface area (Å²) in [6.07, 6.45) is 5.49. The Morgan fingerprint density at radius 1 is 0.594 bits per heavy atom. The van der Waals surface area contributed by atoms with Crippen LogP contribution in [0.25, 0.3) is 0 Å². The first-order chi connectivity index (χ1) is 14.3. The topological polar surface area (TPSA) is 41.9 Å². The molecule has 3 aromatic heterocycles. The number of hydrogen-bond acceptors (Lipinski definition) is 4. The molecule has 0 aliphatic carbocycles. The van der Waals surface area contributed by atoms with E-state index in [1.165, 1.54) is 0 Å². The second-order valence-electron chi connectivity index (χ2n) is 6.07. The molecular formula is C20H22F6N4PRh-. The van der Waals surface area contributed by atoms with Gasteiger partial charge in [0.1, 0.15) is 0 Å². The smallest absolute Gasteiger partial charge is 0.0544 e. The molecule has 4 nitrogen and oxygen atoms in total. The molecule has 3 heterocycles. The second-order valence-corrected chi connectivity index (χ2v) is 7.98. The Morgan fingerprint density at radius 3 is 1.03 bits per heavy atom. The molecular weight excluding hydrogens is 544 g/mol. The van der Waals surface area contributed by atoms with Gasteiger partial charge in [0.2, 0.25) is 0 Å². The summed E-state index contributed by atoms with van der Waals surface area (Å²) in [6.45, 7) is 8.32. The summed E-state index contributed by atoms with van der Waals surface area (Å²) in [5, 5.41) is 0. The first-order valence-electron chi connectivity index (χ1n) is 8.83. The molecule has 0 aliphatic rings. The van der Waals surface area contributed by atoms with E-state index in [0.717, 1.165) is 36.7 Å². The normalized spacial score (nSPS) is 12.6. The van der Waals surface area contributed by atoms with Crippen molar-refractivity contribution in [3.05, 3.63) is 103 Å². The van der Waals surface area contributed by atoms with Crippen molar-refractivity contribution < 1.29 is 44.7 Å². The summed E-state index contributed by atoms with van der Waals surface area (Å²) < 4.78 is 59.2. The van der Waals surface area contributed by atoms with Crippen LogP contribution in [0.15, 0.2) is 86.3 Å². The minimum atomic E-state index is -10.7. The molecule has 1 radical (unpaired) electrons. The molecule has 12 heteroatoms. The van der Waals surface area contributed by atoms with Crippen LogP contribution in [-0.4, -0.2) is 19.9 Å². The van der Waals surface area contributed by atoms with Crippen molar-refractivity contribution in [3.8, 4) is 0 Å². The van der Waals surface area contributed by atoms with Gasteiger partial charge < -0.3 is 0 Å². The fourth-order valence-electron chi connectivity index (χ4n) is 2.33. The number of rotatable bonds is 6. The van der Waals surface area contributed by atoms with E-state index >= 15 is 0 Å². The van der Waals surface area contributed by atoms with E-state index in [0.29, 0.717) is 0 Å². The minimum Gasteiger partial charge on any atom is -0.286 e. The summed E-state index contributed by atoms with van der Waals surface area (Å²) in [5.41, 5.74) is 3.15. The van der Waals surface area contributed by atoms with E-state index in [-0.39, 0.29) is 19.5 Å². The Hall–Kier alpha value is -2.22. The van der Waals surface area contributed by atoms with Gasteiger partial charge in [0.15, 0.2) is 0 Å². The molecule has 0 bridgehead atoms. The van der Waals surface area contributed by atoms with Crippen molar-refractivity contribution >= 4 is 7.81 Å². The van der Waals surface area contributed by atoms with Crippen molar-refractivity contribution in [1.82, 2.24) is 19.9 Å². The van der Waals surface area contributed by atoms with Gasteiger partial charge in [-0.15, -0.1) is 13.2 Å². The van der Waals surface area contributed by atoms with Gasteiger partial charge in [-0.3, -0.25) is 19.9 Å². The van der Waals surface area contributed by atoms with Crippen molar-refractivity contribution in [2.45, 2.75) is 19.6 Å². The maximum atomic E-state index is 9.87. The van der Waals surface area contributed by atoms with Gasteiger partial charge in [0, 0.05) is 57.7 Å². The second kappa shape index (κ2) is 12.1. The molecule has 3 aromatic rings. The van der Waals surface area contributed by atoms with E-state index in [9.17, 15) is 25.2 Å². The van der Waals surface area contributed by atoms with Crippen molar-refractivity contribution in [3.63, 3.8) is 0 Å². The Labute approximate surface area is 195 Å². The van der Waals surface area contributed by atoms with Crippen LogP contribution in [0, 0.1) is 0 Å². The van der Waals surface area contributed by atoms with Gasteiger partial charge in [-0.05, 0) is 36.4 Å². The Balaban J connectivity index is 0.000000829. The first-order valence-corrected chi connectivity index (χ1v) is 10.9. The Kier molecular flexibility index (Phi) is 11.3. The minimum absolute atomic E-state index is 0. The standard InChI is InChI=1S/C18H18N4.C2H4.F6P.Rh/c1-4-10-19-16(7-1)13-22(14-17-8-2-5-11-20-17)15-18-9-3-6-12-21-18;1-2;1-7(2,3,4,5)6;/h1-12H,13-15H2;1-2H2;;/q;;-1;. The fourth-order valence-corrected chi connectivity index (χ4v) is 2.33. The van der Waals surface area contributed by atoms with Crippen molar-refractivity contribution in [2.75, 3.05) is 0 Å². The van der Waals surface area contributed by atoms with Gasteiger partial charge in [-0.2, -0.15) is 0 Å². The SMILES string of the molecule is C=C.F[P-](F)(F)(F)(F)F.[Rh].c1ccc(CN(Cc2ccccn2)Cc2ccccn2)nc1. The van der Waals surface area contributed by atoms with E-state index in [1.54, 1.807) is 0 Å². The summed E-state index contributed by atoms with van der Waals surface area (Å²) in [7, 11) is -10.7. The molecule has 0 saturated carbocycles. The van der Waals surface area contributed by atoms with Gasteiger partial charge in [-0.25, -0.2) is 0 Å². The van der Waals surface area contributed by atoms with E-state index in [4.69, 9.17) is 0 Å². The average molecular weight is 566 g/mol. The summed E-state index contributed by atoms with van der Waals surface area (Å²) in [6, 6.07) is 18.0. The van der Waals surface area contributed by atoms with Crippen LogP contribution < -0.4 is 0 Å². The number of pyridine rings is 3. The molecule has 0 atom stereocenters. The Morgan fingerprint density at radius 2 is 0.844 bits per heavy atom. The van der Waals surface area contributed by atoms with Crippen LogP contribution in [0.3, 0.4) is 0 Å². The largest absolute Gasteiger partial charge is 0.286 e. The number of nitrogens with zero attached hydrogens (tertiary/aromatic N) is 4. The van der Waals surface area contributed by atoms with Crippen LogP contribution in [-0.2, 0) is 39.1 Å². The third kappa shape index (κ3) is 17.5. The molecule has 179 valence electrons. The zero-order chi connectivity index (χ0) is 23.4. The molecule has 0 unspecified atom stereocenters. The summed E-state index contributed by atoms with van der Waals surface area (Å²) in [4.78, 5) is 15.6. The number of halogens is 6. The van der Waals surface area contributed by atoms with Crippen LogP contribution >= 0.6 is 7.81 Å². The molecule has 3 rings (SSSR count). The van der Waals surface area contributed by atoms with Gasteiger partial charge in [0.05, 0.1) is 17.1 Å².